The highest BCUT2D eigenvalue weighted by molar-refractivity contribution is 5.76. The lowest BCUT2D eigenvalue weighted by molar-refractivity contribution is -0.162. The van der Waals surface area contributed by atoms with Crippen molar-refractivity contribution in [2.45, 2.75) is 50.7 Å². The van der Waals surface area contributed by atoms with Gasteiger partial charge in [0, 0.05) is 28.8 Å². The van der Waals surface area contributed by atoms with Gasteiger partial charge in [-0.05, 0) is 47.7 Å². The van der Waals surface area contributed by atoms with E-state index in [-0.39, 0.29) is 5.92 Å². The number of nitrogens with zero attached hydrogens (tertiary/aromatic N) is 1. The summed E-state index contributed by atoms with van der Waals surface area (Å²) in [4.78, 5) is 4.90. The van der Waals surface area contributed by atoms with Crippen LogP contribution in [0.3, 0.4) is 0 Å². The SMILES string of the molecule is CC(C)c1nc2c(c(-c3ccc(F)cc3)c1C(O)c1ccc(C(F)(F)F)cc1)C1(CC2)OCCO1. The Morgan fingerprint density at radius 3 is 2.17 bits per heavy atom. The summed E-state index contributed by atoms with van der Waals surface area (Å²) in [7, 11) is 0. The Morgan fingerprint density at radius 1 is 0.971 bits per heavy atom. The molecular formula is C27H25F4NO3. The Balaban J connectivity index is 1.77. The van der Waals surface area contributed by atoms with E-state index in [0.717, 1.165) is 17.8 Å². The molecule has 4 nitrogen and oxygen atoms in total. The van der Waals surface area contributed by atoms with Crippen LogP contribution < -0.4 is 0 Å². The predicted octanol–water partition coefficient (Wildman–Crippen LogP) is 6.26. The van der Waals surface area contributed by atoms with Gasteiger partial charge in [-0.15, -0.1) is 0 Å². The first-order chi connectivity index (χ1) is 16.6. The lowest BCUT2D eigenvalue weighted by Crippen LogP contribution is -2.26. The van der Waals surface area contributed by atoms with Gasteiger partial charge in [0.15, 0.2) is 5.79 Å². The number of benzene rings is 2. The minimum Gasteiger partial charge on any atom is -0.384 e. The number of fused-ring (bicyclic) bond motifs is 2. The zero-order chi connectivity index (χ0) is 25.0. The molecule has 184 valence electrons. The Bertz CT molecular complexity index is 1230. The second-order valence-electron chi connectivity index (χ2n) is 9.24. The molecule has 1 atom stereocenters. The van der Waals surface area contributed by atoms with E-state index in [9.17, 15) is 22.7 Å². The topological polar surface area (TPSA) is 51.6 Å². The number of aromatic nitrogens is 1. The van der Waals surface area contributed by atoms with Crippen LogP contribution in [0.25, 0.3) is 11.1 Å². The van der Waals surface area contributed by atoms with Gasteiger partial charge in [-0.25, -0.2) is 4.39 Å². The molecule has 0 saturated carbocycles. The highest BCUT2D eigenvalue weighted by atomic mass is 19.4. The van der Waals surface area contributed by atoms with Gasteiger partial charge in [0.2, 0.25) is 0 Å². The van der Waals surface area contributed by atoms with Crippen molar-refractivity contribution < 1.29 is 32.1 Å². The van der Waals surface area contributed by atoms with E-state index in [4.69, 9.17) is 14.5 Å². The Labute approximate surface area is 200 Å². The Hall–Kier alpha value is -2.81. The molecule has 1 fully saturated rings. The van der Waals surface area contributed by atoms with Gasteiger partial charge in [0.1, 0.15) is 11.9 Å². The molecule has 1 aliphatic carbocycles. The highest BCUT2D eigenvalue weighted by Gasteiger charge is 2.48. The van der Waals surface area contributed by atoms with Crippen LogP contribution in [0.2, 0.25) is 0 Å². The predicted molar refractivity (Wildman–Crippen MR) is 121 cm³/mol. The van der Waals surface area contributed by atoms with E-state index in [0.29, 0.717) is 59.6 Å². The van der Waals surface area contributed by atoms with Gasteiger partial charge in [0.25, 0.3) is 0 Å². The minimum atomic E-state index is -4.48. The van der Waals surface area contributed by atoms with E-state index < -0.39 is 29.4 Å². The minimum absolute atomic E-state index is 0.0967. The van der Waals surface area contributed by atoms with Crippen molar-refractivity contribution in [3.8, 4) is 11.1 Å². The molecule has 2 aliphatic rings. The van der Waals surface area contributed by atoms with Crippen molar-refractivity contribution in [2.24, 2.45) is 0 Å². The molecule has 0 amide bonds. The van der Waals surface area contributed by atoms with Gasteiger partial charge in [0.05, 0.1) is 24.5 Å². The molecule has 1 spiro atoms. The van der Waals surface area contributed by atoms with Crippen LogP contribution in [0.4, 0.5) is 17.6 Å². The third kappa shape index (κ3) is 4.13. The largest absolute Gasteiger partial charge is 0.416 e. The molecule has 35 heavy (non-hydrogen) atoms. The maximum atomic E-state index is 13.8. The summed E-state index contributed by atoms with van der Waals surface area (Å²) in [5.74, 6) is -1.52. The number of aliphatic hydroxyl groups is 1. The molecule has 2 aromatic carbocycles. The van der Waals surface area contributed by atoms with Gasteiger partial charge in [-0.3, -0.25) is 4.98 Å². The highest BCUT2D eigenvalue weighted by Crippen LogP contribution is 2.51. The van der Waals surface area contributed by atoms with Crippen LogP contribution >= 0.6 is 0 Å². The van der Waals surface area contributed by atoms with Crippen LogP contribution in [0.1, 0.15) is 65.9 Å². The Kier molecular flexibility index (Phi) is 5.94. The first-order valence-corrected chi connectivity index (χ1v) is 11.6. The summed E-state index contributed by atoms with van der Waals surface area (Å²) in [5, 5.41) is 11.6. The summed E-state index contributed by atoms with van der Waals surface area (Å²) < 4.78 is 65.3. The summed E-state index contributed by atoms with van der Waals surface area (Å²) in [5.41, 5.74) is 3.36. The fourth-order valence-electron chi connectivity index (χ4n) is 5.07. The van der Waals surface area contributed by atoms with Gasteiger partial charge >= 0.3 is 6.18 Å². The van der Waals surface area contributed by atoms with Crippen molar-refractivity contribution in [1.29, 1.82) is 0 Å². The van der Waals surface area contributed by atoms with Crippen molar-refractivity contribution >= 4 is 0 Å². The fourth-order valence-corrected chi connectivity index (χ4v) is 5.07. The number of ether oxygens (including phenoxy) is 2. The zero-order valence-corrected chi connectivity index (χ0v) is 19.3. The van der Waals surface area contributed by atoms with E-state index >= 15 is 0 Å². The smallest absolute Gasteiger partial charge is 0.384 e. The lowest BCUT2D eigenvalue weighted by atomic mass is 9.84. The third-order valence-corrected chi connectivity index (χ3v) is 6.67. The van der Waals surface area contributed by atoms with Gasteiger partial charge in [-0.1, -0.05) is 38.1 Å². The van der Waals surface area contributed by atoms with E-state index in [1.165, 1.54) is 24.3 Å². The normalized spacial score (nSPS) is 17.8. The van der Waals surface area contributed by atoms with Crippen molar-refractivity contribution in [2.75, 3.05) is 13.2 Å². The number of aryl methyl sites for hydroxylation is 1. The Morgan fingerprint density at radius 2 is 1.60 bits per heavy atom. The number of pyridine rings is 1. The van der Waals surface area contributed by atoms with Crippen LogP contribution in [-0.2, 0) is 27.9 Å². The van der Waals surface area contributed by atoms with Crippen LogP contribution in [0.15, 0.2) is 48.5 Å². The number of rotatable bonds is 4. The van der Waals surface area contributed by atoms with Crippen molar-refractivity contribution in [1.82, 2.24) is 4.98 Å². The molecule has 0 radical (unpaired) electrons. The number of alkyl halides is 3. The van der Waals surface area contributed by atoms with Crippen LogP contribution in [0.5, 0.6) is 0 Å². The maximum Gasteiger partial charge on any atom is 0.416 e. The monoisotopic (exact) mass is 487 g/mol. The molecule has 1 aromatic heterocycles. The third-order valence-electron chi connectivity index (χ3n) is 6.67. The average molecular weight is 487 g/mol. The quantitative estimate of drug-likeness (QED) is 0.442. The summed E-state index contributed by atoms with van der Waals surface area (Å²) in [6, 6.07) is 10.4. The first kappa shape index (κ1) is 23.9. The van der Waals surface area contributed by atoms with Crippen LogP contribution in [-0.4, -0.2) is 23.3 Å². The number of hydrogen-bond acceptors (Lipinski definition) is 4. The van der Waals surface area contributed by atoms with Crippen molar-refractivity contribution in [3.05, 3.63) is 88.0 Å². The molecule has 8 heteroatoms. The first-order valence-electron chi connectivity index (χ1n) is 11.6. The molecule has 5 rings (SSSR count). The van der Waals surface area contributed by atoms with E-state index in [1.807, 2.05) is 13.8 Å². The molecule has 0 bridgehead atoms. The van der Waals surface area contributed by atoms with Crippen LogP contribution in [0, 0.1) is 5.82 Å². The molecule has 1 unspecified atom stereocenters. The summed E-state index contributed by atoms with van der Waals surface area (Å²) in [6.45, 7) is 4.70. The molecule has 1 N–H and O–H groups in total. The van der Waals surface area contributed by atoms with Crippen molar-refractivity contribution in [3.63, 3.8) is 0 Å². The number of aliphatic hydroxyl groups excluding tert-OH is 1. The number of hydrogen-bond donors (Lipinski definition) is 1. The fraction of sp³-hybridized carbons (Fsp3) is 0.370. The van der Waals surface area contributed by atoms with Gasteiger partial charge in [-0.2, -0.15) is 13.2 Å². The maximum absolute atomic E-state index is 13.8. The molecule has 3 aromatic rings. The average Bonchev–Trinajstić information content (AvgIpc) is 3.45. The second kappa shape index (κ2) is 8.69. The summed E-state index contributed by atoms with van der Waals surface area (Å²) in [6.07, 6.45) is -4.59. The lowest BCUT2D eigenvalue weighted by Gasteiger charge is -2.30. The number of halogens is 4. The van der Waals surface area contributed by atoms with E-state index in [1.54, 1.807) is 12.1 Å². The zero-order valence-electron chi connectivity index (χ0n) is 19.3. The summed E-state index contributed by atoms with van der Waals surface area (Å²) >= 11 is 0. The molecule has 2 heterocycles. The molecular weight excluding hydrogens is 462 g/mol. The van der Waals surface area contributed by atoms with Gasteiger partial charge < -0.3 is 14.6 Å². The second-order valence-corrected chi connectivity index (χ2v) is 9.24. The molecule has 1 aliphatic heterocycles. The standard InChI is InChI=1S/C27H25F4NO3/c1-15(2)24-22(25(33)17-3-7-18(8-4-17)27(29,30)31)21(16-5-9-19(28)10-6-16)23-20(32-24)11-12-26(23)34-13-14-35-26/h3-10,15,25,33H,11-14H2,1-2H3. The van der Waals surface area contributed by atoms with E-state index in [2.05, 4.69) is 0 Å². The molecule has 1 saturated heterocycles.